The molecule has 1 aromatic carbocycles. The minimum absolute atomic E-state index is 0.381. The molecular formula is C14H12F3N3S. The first-order valence-electron chi connectivity index (χ1n) is 6.45. The van der Waals surface area contributed by atoms with Crippen molar-refractivity contribution >= 4 is 12.2 Å². The Hall–Kier alpha value is -1.73. The first-order valence-corrected chi connectivity index (χ1v) is 6.86. The summed E-state index contributed by atoms with van der Waals surface area (Å²) in [6, 6.07) is 5.09. The fraction of sp³-hybridized carbons (Fsp3) is 0.286. The lowest BCUT2D eigenvalue weighted by Crippen LogP contribution is -2.25. The van der Waals surface area contributed by atoms with Gasteiger partial charge < -0.3 is 10.3 Å². The van der Waals surface area contributed by atoms with Crippen LogP contribution in [0.4, 0.5) is 13.2 Å². The molecule has 0 bridgehead atoms. The highest BCUT2D eigenvalue weighted by Crippen LogP contribution is 2.31. The van der Waals surface area contributed by atoms with Gasteiger partial charge in [0.2, 0.25) is 0 Å². The van der Waals surface area contributed by atoms with Crippen LogP contribution in [0.15, 0.2) is 24.3 Å². The second-order valence-electron chi connectivity index (χ2n) is 4.85. The summed E-state index contributed by atoms with van der Waals surface area (Å²) in [5, 5.41) is 3.19. The van der Waals surface area contributed by atoms with E-state index in [1.165, 1.54) is 6.07 Å². The zero-order chi connectivity index (χ0) is 15.0. The summed E-state index contributed by atoms with van der Waals surface area (Å²) < 4.78 is 38.8. The molecule has 0 atom stereocenters. The Morgan fingerprint density at radius 1 is 1.24 bits per heavy atom. The zero-order valence-electron chi connectivity index (χ0n) is 10.9. The number of nitrogens with zero attached hydrogens (tertiary/aromatic N) is 1. The summed E-state index contributed by atoms with van der Waals surface area (Å²) in [6.45, 7) is 1.45. The van der Waals surface area contributed by atoms with Crippen molar-refractivity contribution in [3.05, 3.63) is 45.7 Å². The van der Waals surface area contributed by atoms with Crippen molar-refractivity contribution in [3.63, 3.8) is 0 Å². The number of rotatable bonds is 1. The minimum atomic E-state index is -4.37. The van der Waals surface area contributed by atoms with Crippen LogP contribution in [0.2, 0.25) is 0 Å². The molecule has 3 rings (SSSR count). The third kappa shape index (κ3) is 2.84. The molecule has 0 saturated carbocycles. The number of alkyl halides is 3. The number of halogens is 3. The van der Waals surface area contributed by atoms with E-state index in [9.17, 15) is 13.2 Å². The molecule has 2 heterocycles. The number of fused-ring (bicyclic) bond motifs is 1. The lowest BCUT2D eigenvalue weighted by molar-refractivity contribution is -0.137. The van der Waals surface area contributed by atoms with E-state index >= 15 is 0 Å². The highest BCUT2D eigenvalue weighted by molar-refractivity contribution is 7.71. The summed E-state index contributed by atoms with van der Waals surface area (Å²) in [5.41, 5.74) is 1.56. The topological polar surface area (TPSA) is 40.7 Å². The molecule has 0 fully saturated rings. The van der Waals surface area contributed by atoms with Gasteiger partial charge in [0.1, 0.15) is 10.5 Å². The lowest BCUT2D eigenvalue weighted by atomic mass is 10.1. The molecule has 0 unspecified atom stereocenters. The van der Waals surface area contributed by atoms with Crippen LogP contribution in [0.1, 0.15) is 16.8 Å². The maximum Gasteiger partial charge on any atom is 0.416 e. The molecule has 1 aliphatic rings. The molecule has 0 aliphatic carbocycles. The molecule has 1 aliphatic heterocycles. The maximum absolute atomic E-state index is 12.8. The van der Waals surface area contributed by atoms with Crippen molar-refractivity contribution in [1.29, 1.82) is 0 Å². The molecule has 3 nitrogen and oxygen atoms in total. The minimum Gasteiger partial charge on any atom is -0.343 e. The van der Waals surface area contributed by atoms with E-state index < -0.39 is 11.7 Å². The van der Waals surface area contributed by atoms with E-state index in [1.54, 1.807) is 6.07 Å². The van der Waals surface area contributed by atoms with Gasteiger partial charge in [-0.15, -0.1) is 0 Å². The first-order chi connectivity index (χ1) is 9.95. The molecule has 2 aromatic rings. The molecule has 0 amide bonds. The molecule has 0 saturated heterocycles. The van der Waals surface area contributed by atoms with Crippen LogP contribution in [0.25, 0.3) is 11.4 Å². The van der Waals surface area contributed by atoms with Gasteiger partial charge in [-0.3, -0.25) is 0 Å². The predicted molar refractivity (Wildman–Crippen MR) is 75.3 cm³/mol. The number of aromatic amines is 1. The number of hydrogen-bond acceptors (Lipinski definition) is 3. The Labute approximate surface area is 124 Å². The third-order valence-corrected chi connectivity index (χ3v) is 3.76. The Bertz CT molecular complexity index is 737. The van der Waals surface area contributed by atoms with Gasteiger partial charge in [-0.1, -0.05) is 24.4 Å². The highest BCUT2D eigenvalue weighted by atomic mass is 32.1. The number of nitrogens with one attached hydrogen (secondary N) is 2. The van der Waals surface area contributed by atoms with Crippen molar-refractivity contribution < 1.29 is 13.2 Å². The normalized spacial score (nSPS) is 14.8. The summed E-state index contributed by atoms with van der Waals surface area (Å²) in [6.07, 6.45) is -3.61. The van der Waals surface area contributed by atoms with E-state index in [0.29, 0.717) is 22.6 Å². The van der Waals surface area contributed by atoms with Gasteiger partial charge in [-0.05, 0) is 12.1 Å². The zero-order valence-corrected chi connectivity index (χ0v) is 11.7. The van der Waals surface area contributed by atoms with Crippen LogP contribution in [0, 0.1) is 4.64 Å². The lowest BCUT2D eigenvalue weighted by Gasteiger charge is -2.18. The van der Waals surface area contributed by atoms with Gasteiger partial charge in [-0.2, -0.15) is 13.2 Å². The SMILES string of the molecule is FC(F)(F)c1cccc(-c2nc(=S)c3c([nH]2)CCNC3)c1. The summed E-state index contributed by atoms with van der Waals surface area (Å²) >= 11 is 5.24. The molecule has 7 heteroatoms. The van der Waals surface area contributed by atoms with Crippen LogP contribution >= 0.6 is 12.2 Å². The third-order valence-electron chi connectivity index (χ3n) is 3.42. The molecule has 0 spiro atoms. The van der Waals surface area contributed by atoms with Crippen LogP contribution in [-0.2, 0) is 19.1 Å². The fourth-order valence-electron chi connectivity index (χ4n) is 2.35. The van der Waals surface area contributed by atoms with Gasteiger partial charge in [0, 0.05) is 36.3 Å². The number of hydrogen-bond donors (Lipinski definition) is 2. The van der Waals surface area contributed by atoms with E-state index in [1.807, 2.05) is 0 Å². The molecule has 110 valence electrons. The fourth-order valence-corrected chi connectivity index (χ4v) is 2.63. The average molecular weight is 311 g/mol. The average Bonchev–Trinajstić information content (AvgIpc) is 2.46. The molecule has 21 heavy (non-hydrogen) atoms. The Morgan fingerprint density at radius 3 is 2.81 bits per heavy atom. The van der Waals surface area contributed by atoms with Crippen molar-refractivity contribution in [3.8, 4) is 11.4 Å². The van der Waals surface area contributed by atoms with Gasteiger partial charge in [0.05, 0.1) is 5.56 Å². The van der Waals surface area contributed by atoms with Gasteiger partial charge in [0.15, 0.2) is 0 Å². The second-order valence-corrected chi connectivity index (χ2v) is 5.24. The van der Waals surface area contributed by atoms with Crippen LogP contribution in [0.3, 0.4) is 0 Å². The summed E-state index contributed by atoms with van der Waals surface area (Å²) in [7, 11) is 0. The monoisotopic (exact) mass is 311 g/mol. The highest BCUT2D eigenvalue weighted by Gasteiger charge is 2.30. The second kappa shape index (κ2) is 5.23. The largest absolute Gasteiger partial charge is 0.416 e. The van der Waals surface area contributed by atoms with Crippen LogP contribution < -0.4 is 5.32 Å². The van der Waals surface area contributed by atoms with Crippen molar-refractivity contribution in [2.45, 2.75) is 19.1 Å². The van der Waals surface area contributed by atoms with E-state index in [-0.39, 0.29) is 0 Å². The summed E-state index contributed by atoms with van der Waals surface area (Å²) in [5.74, 6) is 0.381. The number of aromatic nitrogens is 2. The number of benzene rings is 1. The molecule has 2 N–H and O–H groups in total. The first kappa shape index (κ1) is 14.2. The van der Waals surface area contributed by atoms with Crippen molar-refractivity contribution in [1.82, 2.24) is 15.3 Å². The van der Waals surface area contributed by atoms with Crippen LogP contribution in [-0.4, -0.2) is 16.5 Å². The Morgan fingerprint density at radius 2 is 2.05 bits per heavy atom. The Kier molecular flexibility index (Phi) is 3.54. The predicted octanol–water partition coefficient (Wildman–Crippen LogP) is 3.47. The van der Waals surface area contributed by atoms with Crippen molar-refractivity contribution in [2.24, 2.45) is 0 Å². The van der Waals surface area contributed by atoms with Gasteiger partial charge in [0.25, 0.3) is 0 Å². The molecule has 0 radical (unpaired) electrons. The van der Waals surface area contributed by atoms with E-state index in [0.717, 1.165) is 36.4 Å². The van der Waals surface area contributed by atoms with Gasteiger partial charge in [-0.25, -0.2) is 4.98 Å². The Balaban J connectivity index is 2.09. The number of H-pyrrole nitrogens is 1. The molecular weight excluding hydrogens is 299 g/mol. The molecule has 1 aromatic heterocycles. The van der Waals surface area contributed by atoms with Crippen molar-refractivity contribution in [2.75, 3.05) is 6.54 Å². The van der Waals surface area contributed by atoms with E-state index in [2.05, 4.69) is 15.3 Å². The maximum atomic E-state index is 12.8. The van der Waals surface area contributed by atoms with Crippen LogP contribution in [0.5, 0.6) is 0 Å². The van der Waals surface area contributed by atoms with Gasteiger partial charge >= 0.3 is 6.18 Å². The summed E-state index contributed by atoms with van der Waals surface area (Å²) in [4.78, 5) is 7.35. The quantitative estimate of drug-likeness (QED) is 0.792. The smallest absolute Gasteiger partial charge is 0.343 e. The standard InChI is InChI=1S/C14H12F3N3S/c15-14(16,17)9-3-1-2-8(6-9)12-19-11-4-5-18-7-10(11)13(21)20-12/h1-3,6,18H,4-5,7H2,(H,19,20,21). The van der Waals surface area contributed by atoms with E-state index in [4.69, 9.17) is 12.2 Å².